The van der Waals surface area contributed by atoms with Gasteiger partial charge in [0.15, 0.2) is 0 Å². The molecular weight excluding hydrogens is 144 g/mol. The highest BCUT2D eigenvalue weighted by Crippen LogP contribution is 2.19. The number of hydrogen-bond acceptors (Lipinski definition) is 1. The number of rotatable bonds is 0. The first-order valence-electron chi connectivity index (χ1n) is 3.13. The minimum absolute atomic E-state index is 0.650. The molecule has 1 aromatic rings. The van der Waals surface area contributed by atoms with E-state index in [-0.39, 0.29) is 0 Å². The molecule has 0 fully saturated rings. The third-order valence-corrected chi connectivity index (χ3v) is 1.79. The van der Waals surface area contributed by atoms with E-state index in [1.54, 1.807) is 0 Å². The van der Waals surface area contributed by atoms with E-state index >= 15 is 0 Å². The second kappa shape index (κ2) is 2.55. The first kappa shape index (κ1) is 7.48. The Morgan fingerprint density at radius 2 is 2.10 bits per heavy atom. The summed E-state index contributed by atoms with van der Waals surface area (Å²) in [6, 6.07) is 3.88. The molecule has 0 unspecified atom stereocenters. The van der Waals surface area contributed by atoms with Crippen LogP contribution in [0.4, 0.5) is 5.69 Å². The standard InChI is InChI=1S/C7H9BClN/c1-4-2-5(8)3-6(9)7(4)10/h2-3H,8,10H2,1H3. The quantitative estimate of drug-likeness (QED) is 0.426. The lowest BCUT2D eigenvalue weighted by Crippen LogP contribution is -2.04. The first-order chi connectivity index (χ1) is 4.61. The zero-order valence-corrected chi connectivity index (χ0v) is 6.87. The summed E-state index contributed by atoms with van der Waals surface area (Å²) in [6.45, 7) is 1.95. The van der Waals surface area contributed by atoms with Crippen LogP contribution in [0.5, 0.6) is 0 Å². The van der Waals surface area contributed by atoms with Gasteiger partial charge in [0.25, 0.3) is 0 Å². The van der Waals surface area contributed by atoms with Crippen molar-refractivity contribution in [3.63, 3.8) is 0 Å². The molecule has 0 saturated heterocycles. The van der Waals surface area contributed by atoms with E-state index in [4.69, 9.17) is 17.3 Å². The van der Waals surface area contributed by atoms with Crippen LogP contribution in [0.3, 0.4) is 0 Å². The maximum Gasteiger partial charge on any atom is 0.139 e. The average molecular weight is 153 g/mol. The molecule has 10 heavy (non-hydrogen) atoms. The molecular formula is C7H9BClN. The molecule has 1 aromatic carbocycles. The fraction of sp³-hybridized carbons (Fsp3) is 0.143. The van der Waals surface area contributed by atoms with Gasteiger partial charge in [0, 0.05) is 0 Å². The van der Waals surface area contributed by atoms with Crippen molar-refractivity contribution in [3.05, 3.63) is 22.7 Å². The van der Waals surface area contributed by atoms with Crippen molar-refractivity contribution < 1.29 is 0 Å². The number of halogens is 1. The maximum absolute atomic E-state index is 5.79. The molecule has 3 heteroatoms. The summed E-state index contributed by atoms with van der Waals surface area (Å²) in [5, 5.41) is 0.650. The average Bonchev–Trinajstić information content (AvgIpc) is 1.82. The van der Waals surface area contributed by atoms with Crippen LogP contribution < -0.4 is 11.2 Å². The van der Waals surface area contributed by atoms with Crippen molar-refractivity contribution in [1.29, 1.82) is 0 Å². The molecule has 1 nitrogen and oxygen atoms in total. The van der Waals surface area contributed by atoms with Crippen LogP contribution in [-0.4, -0.2) is 7.85 Å². The number of nitrogens with two attached hydrogens (primary N) is 1. The van der Waals surface area contributed by atoms with Gasteiger partial charge >= 0.3 is 0 Å². The van der Waals surface area contributed by atoms with E-state index in [9.17, 15) is 0 Å². The Kier molecular flexibility index (Phi) is 1.91. The molecule has 0 aromatic heterocycles. The zero-order chi connectivity index (χ0) is 7.72. The predicted molar refractivity (Wildman–Crippen MR) is 48.8 cm³/mol. The van der Waals surface area contributed by atoms with Gasteiger partial charge in [-0.1, -0.05) is 23.1 Å². The SMILES string of the molecule is Bc1cc(C)c(N)c(Cl)c1. The molecule has 0 amide bonds. The zero-order valence-electron chi connectivity index (χ0n) is 6.11. The number of anilines is 1. The molecule has 0 spiro atoms. The van der Waals surface area contributed by atoms with E-state index in [1.165, 1.54) is 0 Å². The number of benzene rings is 1. The van der Waals surface area contributed by atoms with Crippen LogP contribution in [0.1, 0.15) is 5.56 Å². The minimum atomic E-state index is 0.650. The summed E-state index contributed by atoms with van der Waals surface area (Å²) < 4.78 is 0. The van der Waals surface area contributed by atoms with Gasteiger partial charge < -0.3 is 5.73 Å². The van der Waals surface area contributed by atoms with Crippen molar-refractivity contribution in [2.24, 2.45) is 0 Å². The summed E-state index contributed by atoms with van der Waals surface area (Å²) in [7, 11) is 2.00. The van der Waals surface area contributed by atoms with Crippen LogP contribution in [0, 0.1) is 6.92 Å². The Labute approximate surface area is 66.6 Å². The molecule has 0 aliphatic heterocycles. The Bertz CT molecular complexity index is 237. The van der Waals surface area contributed by atoms with Crippen molar-refractivity contribution >= 4 is 30.6 Å². The monoisotopic (exact) mass is 153 g/mol. The highest BCUT2D eigenvalue weighted by Gasteiger charge is 1.98. The topological polar surface area (TPSA) is 26.0 Å². The second-order valence-corrected chi connectivity index (χ2v) is 2.88. The number of nitrogen functional groups attached to an aromatic ring is 1. The fourth-order valence-corrected chi connectivity index (χ4v) is 1.25. The van der Waals surface area contributed by atoms with Gasteiger partial charge in [-0.05, 0) is 18.6 Å². The highest BCUT2D eigenvalue weighted by molar-refractivity contribution is 6.37. The van der Waals surface area contributed by atoms with Crippen molar-refractivity contribution in [2.75, 3.05) is 5.73 Å². The molecule has 2 N–H and O–H groups in total. The van der Waals surface area contributed by atoms with E-state index in [1.807, 2.05) is 26.9 Å². The second-order valence-electron chi connectivity index (χ2n) is 2.48. The van der Waals surface area contributed by atoms with E-state index < -0.39 is 0 Å². The van der Waals surface area contributed by atoms with E-state index in [2.05, 4.69) is 0 Å². The molecule has 0 radical (unpaired) electrons. The smallest absolute Gasteiger partial charge is 0.139 e. The first-order valence-corrected chi connectivity index (χ1v) is 3.51. The van der Waals surface area contributed by atoms with Crippen LogP contribution in [0.25, 0.3) is 0 Å². The largest absolute Gasteiger partial charge is 0.397 e. The fourth-order valence-electron chi connectivity index (χ4n) is 0.927. The molecule has 0 heterocycles. The van der Waals surface area contributed by atoms with E-state index in [0.717, 1.165) is 11.0 Å². The van der Waals surface area contributed by atoms with Crippen LogP contribution in [-0.2, 0) is 0 Å². The highest BCUT2D eigenvalue weighted by atomic mass is 35.5. The van der Waals surface area contributed by atoms with Crippen molar-refractivity contribution in [2.45, 2.75) is 6.92 Å². The van der Waals surface area contributed by atoms with Crippen LogP contribution in [0.15, 0.2) is 12.1 Å². The lowest BCUT2D eigenvalue weighted by Gasteiger charge is -2.02. The van der Waals surface area contributed by atoms with Crippen LogP contribution in [0.2, 0.25) is 5.02 Å². The van der Waals surface area contributed by atoms with Gasteiger partial charge in [0.1, 0.15) is 7.85 Å². The Morgan fingerprint density at radius 3 is 2.60 bits per heavy atom. The molecule has 52 valence electrons. The number of hydrogen-bond donors (Lipinski definition) is 1. The Balaban J connectivity index is 3.31. The molecule has 0 aliphatic carbocycles. The maximum atomic E-state index is 5.79. The molecule has 1 rings (SSSR count). The molecule has 0 bridgehead atoms. The lowest BCUT2D eigenvalue weighted by molar-refractivity contribution is 1.49. The summed E-state index contributed by atoms with van der Waals surface area (Å²) in [5.74, 6) is 0. The van der Waals surface area contributed by atoms with Crippen LogP contribution >= 0.6 is 11.6 Å². The summed E-state index contributed by atoms with van der Waals surface area (Å²) in [5.41, 5.74) is 8.50. The van der Waals surface area contributed by atoms with Gasteiger partial charge in [-0.15, -0.1) is 0 Å². The Hall–Kier alpha value is -0.625. The summed E-state index contributed by atoms with van der Waals surface area (Å²) in [6.07, 6.45) is 0. The van der Waals surface area contributed by atoms with Gasteiger partial charge in [-0.2, -0.15) is 0 Å². The third kappa shape index (κ3) is 1.27. The van der Waals surface area contributed by atoms with E-state index in [0.29, 0.717) is 10.7 Å². The lowest BCUT2D eigenvalue weighted by atomic mass is 9.94. The van der Waals surface area contributed by atoms with Crippen molar-refractivity contribution in [1.82, 2.24) is 0 Å². The van der Waals surface area contributed by atoms with Gasteiger partial charge in [0.05, 0.1) is 10.7 Å². The molecule has 0 aliphatic rings. The van der Waals surface area contributed by atoms with Gasteiger partial charge in [0.2, 0.25) is 0 Å². The Morgan fingerprint density at radius 1 is 1.50 bits per heavy atom. The summed E-state index contributed by atoms with van der Waals surface area (Å²) in [4.78, 5) is 0. The molecule has 0 saturated carbocycles. The van der Waals surface area contributed by atoms with Gasteiger partial charge in [-0.25, -0.2) is 0 Å². The minimum Gasteiger partial charge on any atom is -0.397 e. The summed E-state index contributed by atoms with van der Waals surface area (Å²) >= 11 is 5.79. The predicted octanol–water partition coefficient (Wildman–Crippen LogP) is 0.489. The van der Waals surface area contributed by atoms with Crippen molar-refractivity contribution in [3.8, 4) is 0 Å². The number of aryl methyl sites for hydroxylation is 1. The normalized spacial score (nSPS) is 9.80. The van der Waals surface area contributed by atoms with Gasteiger partial charge in [-0.3, -0.25) is 0 Å². The molecule has 0 atom stereocenters. The third-order valence-electron chi connectivity index (χ3n) is 1.48.